The van der Waals surface area contributed by atoms with Crippen molar-refractivity contribution in [2.24, 2.45) is 0 Å². The van der Waals surface area contributed by atoms with E-state index in [0.29, 0.717) is 25.1 Å². The van der Waals surface area contributed by atoms with Gasteiger partial charge in [-0.25, -0.2) is 13.4 Å². The van der Waals surface area contributed by atoms with Crippen LogP contribution in [0.15, 0.2) is 18.3 Å². The summed E-state index contributed by atoms with van der Waals surface area (Å²) in [6.07, 6.45) is 2.16. The number of aromatic nitrogens is 1. The number of nitrogens with zero attached hydrogens (tertiary/aromatic N) is 2. The predicted molar refractivity (Wildman–Crippen MR) is 69.7 cm³/mol. The SMILES string of the molecule is CC(=O)c1ccc(N2CCCS(=O)(=O)CC2)nc1. The van der Waals surface area contributed by atoms with Gasteiger partial charge in [0, 0.05) is 24.8 Å². The first kappa shape index (κ1) is 13.0. The number of carbonyl (C=O) groups is 1. The molecule has 0 atom stereocenters. The second-order valence-corrected chi connectivity index (χ2v) is 6.76. The van der Waals surface area contributed by atoms with Gasteiger partial charge < -0.3 is 4.90 Å². The van der Waals surface area contributed by atoms with Crippen LogP contribution in [0.25, 0.3) is 0 Å². The van der Waals surface area contributed by atoms with Gasteiger partial charge in [0.1, 0.15) is 5.82 Å². The highest BCUT2D eigenvalue weighted by Crippen LogP contribution is 2.15. The van der Waals surface area contributed by atoms with Crippen molar-refractivity contribution >= 4 is 21.4 Å². The molecule has 0 bridgehead atoms. The molecule has 0 aliphatic carbocycles. The number of carbonyl (C=O) groups excluding carboxylic acids is 1. The highest BCUT2D eigenvalue weighted by atomic mass is 32.2. The molecule has 1 aliphatic rings. The highest BCUT2D eigenvalue weighted by Gasteiger charge is 2.19. The minimum atomic E-state index is -2.91. The van der Waals surface area contributed by atoms with Gasteiger partial charge in [0.05, 0.1) is 11.5 Å². The maximum Gasteiger partial charge on any atom is 0.161 e. The van der Waals surface area contributed by atoms with Crippen LogP contribution in [0.1, 0.15) is 23.7 Å². The third-order valence-corrected chi connectivity index (χ3v) is 4.75. The van der Waals surface area contributed by atoms with Crippen molar-refractivity contribution in [3.63, 3.8) is 0 Å². The fourth-order valence-electron chi connectivity index (χ4n) is 1.95. The lowest BCUT2D eigenvalue weighted by Crippen LogP contribution is -2.27. The molecule has 0 spiro atoms. The van der Waals surface area contributed by atoms with Crippen molar-refractivity contribution in [2.75, 3.05) is 29.5 Å². The Morgan fingerprint density at radius 3 is 2.67 bits per heavy atom. The van der Waals surface area contributed by atoms with Gasteiger partial charge in [0.15, 0.2) is 15.6 Å². The predicted octanol–water partition coefficient (Wildman–Crippen LogP) is 0.909. The summed E-state index contributed by atoms with van der Waals surface area (Å²) < 4.78 is 23.0. The van der Waals surface area contributed by atoms with Gasteiger partial charge in [-0.1, -0.05) is 0 Å². The molecule has 2 heterocycles. The zero-order chi connectivity index (χ0) is 13.2. The number of sulfone groups is 1. The summed E-state index contributed by atoms with van der Waals surface area (Å²) in [5.41, 5.74) is 0.571. The lowest BCUT2D eigenvalue weighted by molar-refractivity contribution is 0.101. The molecule has 2 rings (SSSR count). The minimum Gasteiger partial charge on any atom is -0.356 e. The van der Waals surface area contributed by atoms with E-state index < -0.39 is 9.84 Å². The minimum absolute atomic E-state index is 0.0208. The Balaban J connectivity index is 2.14. The van der Waals surface area contributed by atoms with Crippen LogP contribution in [0, 0.1) is 0 Å². The van der Waals surface area contributed by atoms with Crippen LogP contribution in [0.5, 0.6) is 0 Å². The van der Waals surface area contributed by atoms with E-state index in [9.17, 15) is 13.2 Å². The van der Waals surface area contributed by atoms with Gasteiger partial charge in [-0.3, -0.25) is 4.79 Å². The third kappa shape index (κ3) is 3.07. The van der Waals surface area contributed by atoms with Crippen LogP contribution < -0.4 is 4.90 Å². The molecule has 0 unspecified atom stereocenters. The fraction of sp³-hybridized carbons (Fsp3) is 0.500. The molecular formula is C12H16N2O3S. The van der Waals surface area contributed by atoms with Crippen LogP contribution in [0.2, 0.25) is 0 Å². The first-order chi connectivity index (χ1) is 8.48. The summed E-state index contributed by atoms with van der Waals surface area (Å²) in [5, 5.41) is 0. The van der Waals surface area contributed by atoms with Crippen molar-refractivity contribution in [3.05, 3.63) is 23.9 Å². The van der Waals surface area contributed by atoms with E-state index in [1.165, 1.54) is 13.1 Å². The standard InChI is InChI=1S/C12H16N2O3S/c1-10(15)11-3-4-12(13-9-11)14-5-2-7-18(16,17)8-6-14/h3-4,9H,2,5-8H2,1H3. The zero-order valence-corrected chi connectivity index (χ0v) is 11.1. The summed E-state index contributed by atoms with van der Waals surface area (Å²) in [6.45, 7) is 2.65. The molecule has 1 aromatic rings. The Morgan fingerprint density at radius 2 is 2.06 bits per heavy atom. The largest absolute Gasteiger partial charge is 0.356 e. The summed E-state index contributed by atoms with van der Waals surface area (Å²) in [6, 6.07) is 3.50. The molecule has 0 N–H and O–H groups in total. The third-order valence-electron chi connectivity index (χ3n) is 3.03. The molecule has 0 radical (unpaired) electrons. The van der Waals surface area contributed by atoms with E-state index in [2.05, 4.69) is 4.98 Å². The second kappa shape index (κ2) is 5.06. The number of anilines is 1. The molecule has 1 aliphatic heterocycles. The van der Waals surface area contributed by atoms with Crippen LogP contribution in [-0.4, -0.2) is 43.8 Å². The first-order valence-corrected chi connectivity index (χ1v) is 7.72. The van der Waals surface area contributed by atoms with Crippen molar-refractivity contribution in [2.45, 2.75) is 13.3 Å². The molecule has 1 fully saturated rings. The second-order valence-electron chi connectivity index (χ2n) is 4.45. The zero-order valence-electron chi connectivity index (χ0n) is 10.3. The van der Waals surface area contributed by atoms with Gasteiger partial charge in [-0.05, 0) is 25.5 Å². The van der Waals surface area contributed by atoms with Crippen LogP contribution in [0.4, 0.5) is 5.82 Å². The van der Waals surface area contributed by atoms with Crippen LogP contribution in [0.3, 0.4) is 0 Å². The molecule has 0 amide bonds. The number of Topliss-reactive ketones (excluding diaryl/α,β-unsaturated/α-hetero) is 1. The van der Waals surface area contributed by atoms with Crippen molar-refractivity contribution < 1.29 is 13.2 Å². The Labute approximate surface area is 107 Å². The van der Waals surface area contributed by atoms with Crippen molar-refractivity contribution in [3.8, 4) is 0 Å². The quantitative estimate of drug-likeness (QED) is 0.746. The molecule has 1 aromatic heterocycles. The average molecular weight is 268 g/mol. The fourth-order valence-corrected chi connectivity index (χ4v) is 3.22. The summed E-state index contributed by atoms with van der Waals surface area (Å²) in [5.74, 6) is 1.13. The molecule has 0 saturated carbocycles. The highest BCUT2D eigenvalue weighted by molar-refractivity contribution is 7.91. The summed E-state index contributed by atoms with van der Waals surface area (Å²) >= 11 is 0. The molecule has 18 heavy (non-hydrogen) atoms. The number of hydrogen-bond donors (Lipinski definition) is 0. The summed E-state index contributed by atoms with van der Waals surface area (Å²) in [4.78, 5) is 17.3. The molecule has 1 saturated heterocycles. The maximum atomic E-state index is 11.5. The van der Waals surface area contributed by atoms with E-state index in [1.54, 1.807) is 12.1 Å². The van der Waals surface area contributed by atoms with Crippen molar-refractivity contribution in [1.82, 2.24) is 4.98 Å². The smallest absolute Gasteiger partial charge is 0.161 e. The van der Waals surface area contributed by atoms with E-state index in [1.807, 2.05) is 4.90 Å². The number of pyridine rings is 1. The normalized spacial score (nSPS) is 19.3. The van der Waals surface area contributed by atoms with Crippen LogP contribution in [-0.2, 0) is 9.84 Å². The van der Waals surface area contributed by atoms with Gasteiger partial charge in [-0.15, -0.1) is 0 Å². The van der Waals surface area contributed by atoms with Gasteiger partial charge in [0.2, 0.25) is 0 Å². The monoisotopic (exact) mass is 268 g/mol. The van der Waals surface area contributed by atoms with Crippen molar-refractivity contribution in [1.29, 1.82) is 0 Å². The molecular weight excluding hydrogens is 252 g/mol. The lowest BCUT2D eigenvalue weighted by atomic mass is 10.2. The Bertz CT molecular complexity index is 537. The van der Waals surface area contributed by atoms with Crippen LogP contribution >= 0.6 is 0 Å². The van der Waals surface area contributed by atoms with Gasteiger partial charge in [-0.2, -0.15) is 0 Å². The van der Waals surface area contributed by atoms with E-state index in [-0.39, 0.29) is 17.3 Å². The number of hydrogen-bond acceptors (Lipinski definition) is 5. The van der Waals surface area contributed by atoms with E-state index in [0.717, 1.165) is 5.82 Å². The molecule has 5 nitrogen and oxygen atoms in total. The summed E-state index contributed by atoms with van der Waals surface area (Å²) in [7, 11) is -2.91. The van der Waals surface area contributed by atoms with E-state index in [4.69, 9.17) is 0 Å². The molecule has 0 aromatic carbocycles. The molecule has 6 heteroatoms. The number of ketones is 1. The lowest BCUT2D eigenvalue weighted by Gasteiger charge is -2.20. The Kier molecular flexibility index (Phi) is 3.65. The Hall–Kier alpha value is -1.43. The number of rotatable bonds is 2. The average Bonchev–Trinajstić information content (AvgIpc) is 2.50. The maximum absolute atomic E-state index is 11.5. The topological polar surface area (TPSA) is 67.3 Å². The van der Waals surface area contributed by atoms with Gasteiger partial charge >= 0.3 is 0 Å². The molecule has 98 valence electrons. The Morgan fingerprint density at radius 1 is 1.28 bits per heavy atom. The first-order valence-electron chi connectivity index (χ1n) is 5.90. The van der Waals surface area contributed by atoms with E-state index >= 15 is 0 Å². The van der Waals surface area contributed by atoms with Gasteiger partial charge in [0.25, 0.3) is 0 Å².